The molecule has 0 saturated carbocycles. The van der Waals surface area contributed by atoms with Crippen molar-refractivity contribution < 1.29 is 4.79 Å². The zero-order valence-electron chi connectivity index (χ0n) is 13.3. The summed E-state index contributed by atoms with van der Waals surface area (Å²) in [5, 5.41) is 8.87. The summed E-state index contributed by atoms with van der Waals surface area (Å²) in [5.74, 6) is 0. The number of carbonyl (C=O) groups is 1. The maximum absolute atomic E-state index is 12.0. The highest BCUT2D eigenvalue weighted by Crippen LogP contribution is 2.13. The van der Waals surface area contributed by atoms with Crippen LogP contribution in [0.4, 0.5) is 4.79 Å². The van der Waals surface area contributed by atoms with Gasteiger partial charge >= 0.3 is 6.03 Å². The maximum atomic E-state index is 12.0. The van der Waals surface area contributed by atoms with E-state index in [-0.39, 0.29) is 12.1 Å². The van der Waals surface area contributed by atoms with Crippen molar-refractivity contribution in [3.05, 3.63) is 52.0 Å². The van der Waals surface area contributed by atoms with E-state index in [1.54, 1.807) is 11.3 Å². The molecule has 1 aromatic carbocycles. The number of carbonyl (C=O) groups excluding carboxylic acids is 1. The van der Waals surface area contributed by atoms with Gasteiger partial charge in [0.25, 0.3) is 0 Å². The van der Waals surface area contributed by atoms with E-state index in [2.05, 4.69) is 44.8 Å². The smallest absolute Gasteiger partial charge is 0.315 e. The standard InChI is InChI=1S/C17H22N4OS/c1-13-12-23-16(19-13)9-18-17(22)20-15-7-8-21(11-15)10-14-5-3-2-4-6-14/h2-6,12,15H,7-11H2,1H3,(H2,18,20,22). The number of aryl methyl sites for hydroxylation is 1. The molecule has 1 aliphatic rings. The van der Waals surface area contributed by atoms with Gasteiger partial charge in [0.2, 0.25) is 0 Å². The number of hydrogen-bond donors (Lipinski definition) is 2. The van der Waals surface area contributed by atoms with Crippen LogP contribution in [-0.4, -0.2) is 35.0 Å². The highest BCUT2D eigenvalue weighted by atomic mass is 32.1. The third kappa shape index (κ3) is 4.77. The molecule has 1 saturated heterocycles. The summed E-state index contributed by atoms with van der Waals surface area (Å²) < 4.78 is 0. The van der Waals surface area contributed by atoms with Crippen molar-refractivity contribution in [2.24, 2.45) is 0 Å². The molecule has 0 aliphatic carbocycles. The van der Waals surface area contributed by atoms with Gasteiger partial charge in [-0.15, -0.1) is 11.3 Å². The average Bonchev–Trinajstić information content (AvgIpc) is 3.15. The maximum Gasteiger partial charge on any atom is 0.315 e. The molecule has 1 aromatic heterocycles. The molecule has 2 heterocycles. The second-order valence-corrected chi connectivity index (χ2v) is 6.86. The number of aromatic nitrogens is 1. The summed E-state index contributed by atoms with van der Waals surface area (Å²) >= 11 is 1.57. The summed E-state index contributed by atoms with van der Waals surface area (Å²) in [6, 6.07) is 10.6. The lowest BCUT2D eigenvalue weighted by atomic mass is 10.2. The minimum Gasteiger partial charge on any atom is -0.334 e. The van der Waals surface area contributed by atoms with Crippen LogP contribution < -0.4 is 10.6 Å². The number of likely N-dealkylation sites (tertiary alicyclic amines) is 1. The van der Waals surface area contributed by atoms with Crippen molar-refractivity contribution in [1.82, 2.24) is 20.5 Å². The van der Waals surface area contributed by atoms with E-state index in [0.717, 1.165) is 36.8 Å². The van der Waals surface area contributed by atoms with Crippen LogP contribution in [0.5, 0.6) is 0 Å². The fourth-order valence-electron chi connectivity index (χ4n) is 2.81. The molecule has 2 amide bonds. The van der Waals surface area contributed by atoms with Crippen LogP contribution >= 0.6 is 11.3 Å². The summed E-state index contributed by atoms with van der Waals surface area (Å²) in [7, 11) is 0. The predicted octanol–water partition coefficient (Wildman–Crippen LogP) is 2.53. The number of benzene rings is 1. The Kier molecular flexibility index (Phi) is 5.25. The van der Waals surface area contributed by atoms with E-state index in [0.29, 0.717) is 6.54 Å². The molecule has 23 heavy (non-hydrogen) atoms. The van der Waals surface area contributed by atoms with Gasteiger partial charge in [0.05, 0.1) is 6.54 Å². The van der Waals surface area contributed by atoms with E-state index < -0.39 is 0 Å². The Morgan fingerprint density at radius 1 is 1.39 bits per heavy atom. The molecule has 1 atom stereocenters. The van der Waals surface area contributed by atoms with Crippen LogP contribution in [0.25, 0.3) is 0 Å². The molecule has 1 aliphatic heterocycles. The first-order chi connectivity index (χ1) is 11.2. The Morgan fingerprint density at radius 2 is 2.22 bits per heavy atom. The van der Waals surface area contributed by atoms with Crippen LogP contribution in [0.2, 0.25) is 0 Å². The lowest BCUT2D eigenvalue weighted by Gasteiger charge is -2.17. The minimum absolute atomic E-state index is 0.107. The van der Waals surface area contributed by atoms with Gasteiger partial charge in [0.15, 0.2) is 0 Å². The van der Waals surface area contributed by atoms with Crippen molar-refractivity contribution in [2.75, 3.05) is 13.1 Å². The average molecular weight is 330 g/mol. The fraction of sp³-hybridized carbons (Fsp3) is 0.412. The molecule has 0 bridgehead atoms. The number of thiazole rings is 1. The van der Waals surface area contributed by atoms with Crippen LogP contribution in [0, 0.1) is 6.92 Å². The van der Waals surface area contributed by atoms with Crippen LogP contribution in [0.3, 0.4) is 0 Å². The highest BCUT2D eigenvalue weighted by Gasteiger charge is 2.23. The summed E-state index contributed by atoms with van der Waals surface area (Å²) in [6.45, 7) is 5.31. The van der Waals surface area contributed by atoms with E-state index in [9.17, 15) is 4.79 Å². The largest absolute Gasteiger partial charge is 0.334 e. The molecule has 1 fully saturated rings. The fourth-order valence-corrected chi connectivity index (χ4v) is 3.52. The van der Waals surface area contributed by atoms with Crippen molar-refractivity contribution >= 4 is 17.4 Å². The number of nitrogens with zero attached hydrogens (tertiary/aromatic N) is 2. The van der Waals surface area contributed by atoms with Gasteiger partial charge in [0, 0.05) is 36.8 Å². The third-order valence-electron chi connectivity index (χ3n) is 3.92. The summed E-state index contributed by atoms with van der Waals surface area (Å²) in [6.07, 6.45) is 0.997. The second kappa shape index (κ2) is 7.57. The van der Waals surface area contributed by atoms with E-state index in [1.807, 2.05) is 18.4 Å². The molecule has 5 nitrogen and oxygen atoms in total. The van der Waals surface area contributed by atoms with Gasteiger partial charge in [-0.25, -0.2) is 9.78 Å². The van der Waals surface area contributed by atoms with Crippen molar-refractivity contribution in [3.8, 4) is 0 Å². The Balaban J connectivity index is 1.40. The van der Waals surface area contributed by atoms with Gasteiger partial charge < -0.3 is 10.6 Å². The molecule has 122 valence electrons. The molecule has 3 rings (SSSR count). The SMILES string of the molecule is Cc1csc(CNC(=O)NC2CCN(Cc3ccccc3)C2)n1. The molecule has 0 spiro atoms. The van der Waals surface area contributed by atoms with Crippen LogP contribution in [-0.2, 0) is 13.1 Å². The number of amides is 2. The van der Waals surface area contributed by atoms with Crippen LogP contribution in [0.15, 0.2) is 35.7 Å². The normalized spacial score (nSPS) is 18.0. The van der Waals surface area contributed by atoms with Gasteiger partial charge in [-0.2, -0.15) is 0 Å². The van der Waals surface area contributed by atoms with Gasteiger partial charge in [0.1, 0.15) is 5.01 Å². The lowest BCUT2D eigenvalue weighted by Crippen LogP contribution is -2.43. The quantitative estimate of drug-likeness (QED) is 0.886. The summed E-state index contributed by atoms with van der Waals surface area (Å²) in [4.78, 5) is 18.7. The first-order valence-electron chi connectivity index (χ1n) is 7.91. The molecule has 1 unspecified atom stereocenters. The predicted molar refractivity (Wildman–Crippen MR) is 92.3 cm³/mol. The molecule has 2 aromatic rings. The second-order valence-electron chi connectivity index (χ2n) is 5.92. The Hall–Kier alpha value is -1.92. The minimum atomic E-state index is -0.107. The topological polar surface area (TPSA) is 57.3 Å². The van der Waals surface area contributed by atoms with Gasteiger partial charge in [-0.3, -0.25) is 4.90 Å². The summed E-state index contributed by atoms with van der Waals surface area (Å²) in [5.41, 5.74) is 2.32. The molecule has 6 heteroatoms. The highest BCUT2D eigenvalue weighted by molar-refractivity contribution is 7.09. The molecular formula is C17H22N4OS. The monoisotopic (exact) mass is 330 g/mol. The first-order valence-corrected chi connectivity index (χ1v) is 8.78. The van der Waals surface area contributed by atoms with E-state index in [1.165, 1.54) is 5.56 Å². The Morgan fingerprint density at radius 3 is 2.96 bits per heavy atom. The first kappa shape index (κ1) is 16.0. The Labute approximate surface area is 140 Å². The zero-order chi connectivity index (χ0) is 16.1. The zero-order valence-corrected chi connectivity index (χ0v) is 14.1. The Bertz CT molecular complexity index is 643. The van der Waals surface area contributed by atoms with Crippen molar-refractivity contribution in [3.63, 3.8) is 0 Å². The lowest BCUT2D eigenvalue weighted by molar-refractivity contribution is 0.235. The molecular weight excluding hydrogens is 308 g/mol. The van der Waals surface area contributed by atoms with E-state index >= 15 is 0 Å². The number of hydrogen-bond acceptors (Lipinski definition) is 4. The van der Waals surface area contributed by atoms with Gasteiger partial charge in [-0.05, 0) is 18.9 Å². The number of rotatable bonds is 5. The molecule has 0 radical (unpaired) electrons. The van der Waals surface area contributed by atoms with Gasteiger partial charge in [-0.1, -0.05) is 30.3 Å². The number of urea groups is 1. The molecule has 2 N–H and O–H groups in total. The van der Waals surface area contributed by atoms with Crippen molar-refractivity contribution in [2.45, 2.75) is 32.5 Å². The third-order valence-corrected chi connectivity index (χ3v) is 4.89. The van der Waals surface area contributed by atoms with Crippen LogP contribution in [0.1, 0.15) is 22.7 Å². The van der Waals surface area contributed by atoms with E-state index in [4.69, 9.17) is 0 Å². The van der Waals surface area contributed by atoms with Crippen molar-refractivity contribution in [1.29, 1.82) is 0 Å². The number of nitrogens with one attached hydrogen (secondary N) is 2.